The van der Waals surface area contributed by atoms with Crippen molar-refractivity contribution in [1.29, 1.82) is 0 Å². The number of benzene rings is 2. The third-order valence-corrected chi connectivity index (χ3v) is 4.79. The fourth-order valence-corrected chi connectivity index (χ4v) is 3.39. The Morgan fingerprint density at radius 2 is 1.83 bits per heavy atom. The van der Waals surface area contributed by atoms with Crippen LogP contribution in [0.1, 0.15) is 26.2 Å². The van der Waals surface area contributed by atoms with Crippen LogP contribution >= 0.6 is 0 Å². The minimum atomic E-state index is -0.464. The van der Waals surface area contributed by atoms with Crippen molar-refractivity contribution in [3.05, 3.63) is 54.6 Å². The molecule has 0 amide bonds. The normalized spacial score (nSPS) is 19.8. The molecule has 0 aliphatic carbocycles. The van der Waals surface area contributed by atoms with Crippen molar-refractivity contribution in [3.63, 3.8) is 0 Å². The molecule has 2 atom stereocenters. The van der Waals surface area contributed by atoms with Gasteiger partial charge >= 0.3 is 0 Å². The maximum absolute atomic E-state index is 10.4. The van der Waals surface area contributed by atoms with Gasteiger partial charge < -0.3 is 9.84 Å². The summed E-state index contributed by atoms with van der Waals surface area (Å²) in [5, 5.41) is 10.4. The Hall–Kier alpha value is -1.84. The van der Waals surface area contributed by atoms with Crippen LogP contribution in [0.3, 0.4) is 0 Å². The first-order chi connectivity index (χ1) is 11.7. The summed E-state index contributed by atoms with van der Waals surface area (Å²) in [5.41, 5.74) is 2.20. The number of aliphatic hydroxyl groups excluding tert-OH is 1. The van der Waals surface area contributed by atoms with Crippen LogP contribution in [0.15, 0.2) is 54.6 Å². The summed E-state index contributed by atoms with van der Waals surface area (Å²) in [4.78, 5) is 2.38. The van der Waals surface area contributed by atoms with Crippen molar-refractivity contribution >= 4 is 0 Å². The molecular weight excluding hydrogens is 298 g/mol. The van der Waals surface area contributed by atoms with Crippen molar-refractivity contribution < 1.29 is 9.84 Å². The van der Waals surface area contributed by atoms with Crippen molar-refractivity contribution in [2.75, 3.05) is 19.7 Å². The van der Waals surface area contributed by atoms with Gasteiger partial charge in [-0.15, -0.1) is 0 Å². The van der Waals surface area contributed by atoms with Gasteiger partial charge in [-0.05, 0) is 37.9 Å². The minimum absolute atomic E-state index is 0.326. The number of hydrogen-bond acceptors (Lipinski definition) is 3. The van der Waals surface area contributed by atoms with Gasteiger partial charge in [-0.25, -0.2) is 0 Å². The molecule has 0 radical (unpaired) electrons. The summed E-state index contributed by atoms with van der Waals surface area (Å²) in [6, 6.07) is 18.8. The molecular formula is C21H27NO2. The predicted octanol–water partition coefficient (Wildman–Crippen LogP) is 3.97. The number of aliphatic hydroxyl groups is 1. The fraction of sp³-hybridized carbons (Fsp3) is 0.429. The average molecular weight is 325 g/mol. The predicted molar refractivity (Wildman–Crippen MR) is 98.3 cm³/mol. The highest BCUT2D eigenvalue weighted by Crippen LogP contribution is 2.29. The van der Waals surface area contributed by atoms with E-state index in [1.807, 2.05) is 36.4 Å². The zero-order valence-electron chi connectivity index (χ0n) is 14.4. The second kappa shape index (κ2) is 8.32. The second-order valence-electron chi connectivity index (χ2n) is 6.67. The van der Waals surface area contributed by atoms with Crippen LogP contribution in [0.5, 0.6) is 5.75 Å². The summed E-state index contributed by atoms with van der Waals surface area (Å²) in [7, 11) is 0. The Labute approximate surface area is 144 Å². The van der Waals surface area contributed by atoms with Crippen LogP contribution in [0, 0.1) is 0 Å². The second-order valence-corrected chi connectivity index (χ2v) is 6.67. The topological polar surface area (TPSA) is 32.7 Å². The lowest BCUT2D eigenvalue weighted by molar-refractivity contribution is 0.0439. The van der Waals surface area contributed by atoms with E-state index in [2.05, 4.69) is 30.0 Å². The van der Waals surface area contributed by atoms with E-state index in [9.17, 15) is 5.11 Å². The number of nitrogens with zero attached hydrogens (tertiary/aromatic N) is 1. The average Bonchev–Trinajstić information content (AvgIpc) is 2.63. The van der Waals surface area contributed by atoms with Crippen LogP contribution in [-0.2, 0) is 0 Å². The molecule has 1 aliphatic heterocycles. The van der Waals surface area contributed by atoms with Gasteiger partial charge in [-0.1, -0.05) is 55.0 Å². The number of rotatable bonds is 6. The zero-order chi connectivity index (χ0) is 16.8. The molecule has 1 fully saturated rings. The molecule has 2 aromatic rings. The fourth-order valence-electron chi connectivity index (χ4n) is 3.39. The summed E-state index contributed by atoms with van der Waals surface area (Å²) in [5.74, 6) is 0.828. The third-order valence-electron chi connectivity index (χ3n) is 4.79. The van der Waals surface area contributed by atoms with E-state index in [0.29, 0.717) is 19.2 Å². The summed E-state index contributed by atoms with van der Waals surface area (Å²) >= 11 is 0. The number of piperidine rings is 1. The van der Waals surface area contributed by atoms with Crippen LogP contribution in [0.25, 0.3) is 11.1 Å². The molecule has 1 saturated heterocycles. The van der Waals surface area contributed by atoms with E-state index in [1.54, 1.807) is 0 Å². The van der Waals surface area contributed by atoms with Gasteiger partial charge in [0, 0.05) is 18.2 Å². The molecule has 2 aromatic carbocycles. The number of likely N-dealkylation sites (tertiary alicyclic amines) is 1. The molecule has 1 N–H and O–H groups in total. The Morgan fingerprint density at radius 3 is 2.62 bits per heavy atom. The van der Waals surface area contributed by atoms with Gasteiger partial charge in [0.2, 0.25) is 0 Å². The van der Waals surface area contributed by atoms with Gasteiger partial charge in [0.1, 0.15) is 18.5 Å². The van der Waals surface area contributed by atoms with Crippen molar-refractivity contribution in [2.45, 2.75) is 38.3 Å². The van der Waals surface area contributed by atoms with Gasteiger partial charge in [-0.2, -0.15) is 0 Å². The maximum atomic E-state index is 10.4. The Kier molecular flexibility index (Phi) is 5.89. The molecule has 1 heterocycles. The van der Waals surface area contributed by atoms with E-state index < -0.39 is 6.10 Å². The third kappa shape index (κ3) is 4.37. The molecule has 1 aliphatic rings. The molecule has 128 valence electrons. The standard InChI is InChI=1S/C21H27NO2/c1-17-9-7-8-14-22(17)15-19(23)16-24-21-13-6-5-12-20(21)18-10-3-2-4-11-18/h2-6,10-13,17,19,23H,7-9,14-16H2,1H3/t17-,19+/m1/s1. The van der Waals surface area contributed by atoms with Crippen LogP contribution in [0.4, 0.5) is 0 Å². The van der Waals surface area contributed by atoms with E-state index in [4.69, 9.17) is 4.74 Å². The Morgan fingerprint density at radius 1 is 1.08 bits per heavy atom. The Balaban J connectivity index is 1.60. The monoisotopic (exact) mass is 325 g/mol. The molecule has 24 heavy (non-hydrogen) atoms. The minimum Gasteiger partial charge on any atom is -0.490 e. The van der Waals surface area contributed by atoms with Gasteiger partial charge in [-0.3, -0.25) is 4.90 Å². The molecule has 0 bridgehead atoms. The molecule has 3 rings (SSSR count). The summed E-state index contributed by atoms with van der Waals surface area (Å²) < 4.78 is 5.95. The lowest BCUT2D eigenvalue weighted by atomic mass is 10.0. The molecule has 0 spiro atoms. The first-order valence-corrected chi connectivity index (χ1v) is 8.93. The highest BCUT2D eigenvalue weighted by molar-refractivity contribution is 5.70. The highest BCUT2D eigenvalue weighted by Gasteiger charge is 2.21. The van der Waals surface area contributed by atoms with Crippen LogP contribution in [-0.4, -0.2) is 41.8 Å². The van der Waals surface area contributed by atoms with Gasteiger partial charge in [0.05, 0.1) is 0 Å². The number of hydrogen-bond donors (Lipinski definition) is 1. The van der Waals surface area contributed by atoms with E-state index in [0.717, 1.165) is 23.4 Å². The highest BCUT2D eigenvalue weighted by atomic mass is 16.5. The SMILES string of the molecule is C[C@@H]1CCCCN1C[C@H](O)COc1ccccc1-c1ccccc1. The lowest BCUT2D eigenvalue weighted by Crippen LogP contribution is -2.43. The Bertz CT molecular complexity index is 629. The lowest BCUT2D eigenvalue weighted by Gasteiger charge is -2.34. The largest absolute Gasteiger partial charge is 0.490 e. The van der Waals surface area contributed by atoms with Gasteiger partial charge in [0.25, 0.3) is 0 Å². The van der Waals surface area contributed by atoms with E-state index in [-0.39, 0.29) is 0 Å². The summed E-state index contributed by atoms with van der Waals surface area (Å²) in [6.07, 6.45) is 3.29. The zero-order valence-corrected chi connectivity index (χ0v) is 14.4. The first-order valence-electron chi connectivity index (χ1n) is 8.93. The molecule has 3 nitrogen and oxygen atoms in total. The molecule has 0 unspecified atom stereocenters. The quantitative estimate of drug-likeness (QED) is 0.872. The van der Waals surface area contributed by atoms with Crippen LogP contribution in [0.2, 0.25) is 0 Å². The smallest absolute Gasteiger partial charge is 0.127 e. The molecule has 0 aromatic heterocycles. The number of para-hydroxylation sites is 1. The van der Waals surface area contributed by atoms with Crippen molar-refractivity contribution in [1.82, 2.24) is 4.90 Å². The maximum Gasteiger partial charge on any atom is 0.127 e. The van der Waals surface area contributed by atoms with Crippen LogP contribution < -0.4 is 4.74 Å². The molecule has 3 heteroatoms. The number of ether oxygens (including phenoxy) is 1. The van der Waals surface area contributed by atoms with Crippen molar-refractivity contribution in [2.24, 2.45) is 0 Å². The van der Waals surface area contributed by atoms with E-state index >= 15 is 0 Å². The van der Waals surface area contributed by atoms with Gasteiger partial charge in [0.15, 0.2) is 0 Å². The van der Waals surface area contributed by atoms with Crippen molar-refractivity contribution in [3.8, 4) is 16.9 Å². The van der Waals surface area contributed by atoms with E-state index in [1.165, 1.54) is 19.3 Å². The molecule has 0 saturated carbocycles. The summed E-state index contributed by atoms with van der Waals surface area (Å²) in [6.45, 7) is 4.35. The first kappa shape index (κ1) is 17.0. The number of β-amino-alcohol motifs (C(OH)–C–C–N with tert-alkyl or cyclic N) is 1.